The molecule has 0 N–H and O–H groups in total. The molecule has 0 saturated heterocycles. The van der Waals surface area contributed by atoms with Crippen LogP contribution < -0.4 is 0 Å². The minimum absolute atomic E-state index is 0. The van der Waals surface area contributed by atoms with Crippen molar-refractivity contribution in [2.75, 3.05) is 7.05 Å². The Labute approximate surface area is 122 Å². The molecule has 2 aromatic rings. The molecule has 18 heavy (non-hydrogen) atoms. The van der Waals surface area contributed by atoms with Crippen molar-refractivity contribution in [3.63, 3.8) is 0 Å². The van der Waals surface area contributed by atoms with Crippen LogP contribution in [0.5, 0.6) is 0 Å². The molecule has 1 aliphatic rings. The first-order chi connectivity index (χ1) is 8.13. The van der Waals surface area contributed by atoms with Crippen LogP contribution in [0.3, 0.4) is 0 Å². The molecule has 0 fully saturated rings. The predicted octanol–water partition coefficient (Wildman–Crippen LogP) is 3.74. The molecule has 0 saturated carbocycles. The van der Waals surface area contributed by atoms with E-state index in [0.29, 0.717) is 0 Å². The van der Waals surface area contributed by atoms with Crippen molar-refractivity contribution in [2.24, 2.45) is 4.99 Å². The fourth-order valence-corrected chi connectivity index (χ4v) is 2.85. The molecule has 0 spiro atoms. The average molecular weight is 415 g/mol. The Morgan fingerprint density at radius 1 is 1.22 bits per heavy atom. The zero-order chi connectivity index (χ0) is 12.0. The summed E-state index contributed by atoms with van der Waals surface area (Å²) in [5.74, 6) is 0. The number of aliphatic imine (C=N–C) groups is 1. The smallest absolute Gasteiger partial charge is 0.0270 e. The summed E-state index contributed by atoms with van der Waals surface area (Å²) in [6, 6.07) is 14.0. The maximum atomic E-state index is 4.47. The van der Waals surface area contributed by atoms with Crippen molar-refractivity contribution in [3.8, 4) is 0 Å². The van der Waals surface area contributed by atoms with Gasteiger partial charge in [-0.2, -0.15) is 0 Å². The van der Waals surface area contributed by atoms with E-state index in [2.05, 4.69) is 43.1 Å². The normalized spacial score (nSPS) is 18.7. The second kappa shape index (κ2) is 4.60. The minimum atomic E-state index is 0. The third-order valence-electron chi connectivity index (χ3n) is 3.73. The molecular formula is C16H16IrN-. The van der Waals surface area contributed by atoms with Crippen molar-refractivity contribution in [1.29, 1.82) is 0 Å². The molecule has 0 bridgehead atoms. The molecule has 1 aliphatic carbocycles. The number of hydrogen-bond donors (Lipinski definition) is 0. The quantitative estimate of drug-likeness (QED) is 0.583. The van der Waals surface area contributed by atoms with Gasteiger partial charge in [0.1, 0.15) is 0 Å². The molecule has 1 radical (unpaired) electrons. The van der Waals surface area contributed by atoms with E-state index in [-0.39, 0.29) is 25.5 Å². The van der Waals surface area contributed by atoms with Gasteiger partial charge in [-0.1, -0.05) is 37.1 Å². The number of benzene rings is 2. The fraction of sp³-hybridized carbons (Fsp3) is 0.312. The van der Waals surface area contributed by atoms with E-state index in [0.717, 1.165) is 6.42 Å². The summed E-state index contributed by atoms with van der Waals surface area (Å²) < 4.78 is 0. The summed E-state index contributed by atoms with van der Waals surface area (Å²) in [7, 11) is 1.89. The molecule has 1 nitrogen and oxygen atoms in total. The maximum Gasteiger partial charge on any atom is 0.0270 e. The Morgan fingerprint density at radius 2 is 2.00 bits per heavy atom. The molecule has 0 atom stereocenters. The SMILES string of the molecule is CN=C1CC(C)(C)c2ccc3ccc[c-]c3c21.[Ir]. The molecule has 0 aromatic heterocycles. The van der Waals surface area contributed by atoms with Gasteiger partial charge in [0.2, 0.25) is 0 Å². The van der Waals surface area contributed by atoms with Crippen molar-refractivity contribution in [3.05, 3.63) is 47.5 Å². The third-order valence-corrected chi connectivity index (χ3v) is 3.73. The Morgan fingerprint density at radius 3 is 2.72 bits per heavy atom. The summed E-state index contributed by atoms with van der Waals surface area (Å²) in [6.45, 7) is 4.58. The Balaban J connectivity index is 0.00000120. The number of nitrogens with zero attached hydrogens (tertiary/aromatic N) is 1. The van der Waals surface area contributed by atoms with E-state index in [1.165, 1.54) is 27.6 Å². The van der Waals surface area contributed by atoms with Crippen LogP contribution in [0.15, 0.2) is 35.3 Å². The van der Waals surface area contributed by atoms with Gasteiger partial charge in [0.25, 0.3) is 0 Å². The van der Waals surface area contributed by atoms with Crippen LogP contribution >= 0.6 is 0 Å². The molecule has 0 aliphatic heterocycles. The zero-order valence-corrected chi connectivity index (χ0v) is 13.3. The van der Waals surface area contributed by atoms with E-state index >= 15 is 0 Å². The molecule has 0 amide bonds. The number of fused-ring (bicyclic) bond motifs is 3. The van der Waals surface area contributed by atoms with Gasteiger partial charge in [0.15, 0.2) is 0 Å². The summed E-state index contributed by atoms with van der Waals surface area (Å²) in [4.78, 5) is 4.47. The summed E-state index contributed by atoms with van der Waals surface area (Å²) in [6.07, 6.45) is 1.03. The van der Waals surface area contributed by atoms with Crippen LogP contribution in [0.4, 0.5) is 0 Å². The van der Waals surface area contributed by atoms with Gasteiger partial charge in [-0.15, -0.1) is 35.0 Å². The van der Waals surface area contributed by atoms with Crippen LogP contribution in [0, 0.1) is 6.07 Å². The van der Waals surface area contributed by atoms with Crippen LogP contribution in [0.1, 0.15) is 31.4 Å². The number of rotatable bonds is 0. The van der Waals surface area contributed by atoms with Crippen molar-refractivity contribution < 1.29 is 20.1 Å². The zero-order valence-electron chi connectivity index (χ0n) is 10.9. The largest absolute Gasteiger partial charge is 0.302 e. The Hall–Kier alpha value is -0.981. The molecular weight excluding hydrogens is 398 g/mol. The van der Waals surface area contributed by atoms with Gasteiger partial charge in [-0.3, -0.25) is 0 Å². The predicted molar refractivity (Wildman–Crippen MR) is 72.9 cm³/mol. The first kappa shape index (κ1) is 13.5. The van der Waals surface area contributed by atoms with Crippen molar-refractivity contribution in [1.82, 2.24) is 0 Å². The van der Waals surface area contributed by atoms with Crippen LogP contribution in [-0.4, -0.2) is 12.8 Å². The van der Waals surface area contributed by atoms with Crippen LogP contribution in [0.25, 0.3) is 10.8 Å². The molecule has 95 valence electrons. The summed E-state index contributed by atoms with van der Waals surface area (Å²) >= 11 is 0. The van der Waals surface area contributed by atoms with E-state index in [9.17, 15) is 0 Å². The first-order valence-electron chi connectivity index (χ1n) is 6.03. The van der Waals surface area contributed by atoms with E-state index in [1.807, 2.05) is 19.2 Å². The van der Waals surface area contributed by atoms with Gasteiger partial charge >= 0.3 is 0 Å². The fourth-order valence-electron chi connectivity index (χ4n) is 2.85. The van der Waals surface area contributed by atoms with Gasteiger partial charge < -0.3 is 4.99 Å². The Bertz CT molecular complexity index is 626. The standard InChI is InChI=1S/C16H16N.Ir/c1-16(2)10-14(17-3)15-12-7-5-4-6-11(12)8-9-13(15)16;/h4-6,8-9H,10H2,1-3H3;/q-1;. The first-order valence-corrected chi connectivity index (χ1v) is 6.03. The van der Waals surface area contributed by atoms with Gasteiger partial charge in [-0.05, 0) is 11.8 Å². The molecule has 0 heterocycles. The topological polar surface area (TPSA) is 12.4 Å². The minimum Gasteiger partial charge on any atom is -0.302 e. The second-order valence-electron chi connectivity index (χ2n) is 5.35. The van der Waals surface area contributed by atoms with Gasteiger partial charge in [-0.25, -0.2) is 0 Å². The molecule has 2 aromatic carbocycles. The van der Waals surface area contributed by atoms with Crippen LogP contribution in [0.2, 0.25) is 0 Å². The van der Waals surface area contributed by atoms with Crippen LogP contribution in [-0.2, 0) is 25.5 Å². The molecule has 2 heteroatoms. The maximum absolute atomic E-state index is 4.47. The second-order valence-corrected chi connectivity index (χ2v) is 5.35. The molecule has 3 rings (SSSR count). The molecule has 0 unspecified atom stereocenters. The number of hydrogen-bond acceptors (Lipinski definition) is 1. The summed E-state index contributed by atoms with van der Waals surface area (Å²) in [5.41, 5.74) is 4.14. The Kier molecular flexibility index (Phi) is 3.44. The van der Waals surface area contributed by atoms with E-state index in [4.69, 9.17) is 0 Å². The summed E-state index contributed by atoms with van der Waals surface area (Å²) in [5, 5.41) is 2.47. The van der Waals surface area contributed by atoms with Gasteiger partial charge in [0, 0.05) is 32.9 Å². The van der Waals surface area contributed by atoms with Crippen molar-refractivity contribution in [2.45, 2.75) is 25.7 Å². The van der Waals surface area contributed by atoms with Gasteiger partial charge in [0.05, 0.1) is 0 Å². The van der Waals surface area contributed by atoms with Crippen molar-refractivity contribution >= 4 is 16.5 Å². The van der Waals surface area contributed by atoms with E-state index < -0.39 is 0 Å². The van der Waals surface area contributed by atoms with E-state index in [1.54, 1.807) is 0 Å². The monoisotopic (exact) mass is 415 g/mol. The third kappa shape index (κ3) is 1.84. The average Bonchev–Trinajstić information content (AvgIpc) is 2.61.